The average Bonchev–Trinajstić information content (AvgIpc) is 2.61. The Balaban J connectivity index is 1.82. The Morgan fingerprint density at radius 3 is 2.46 bits per heavy atom. The number of oxime groups is 1. The first-order chi connectivity index (χ1) is 12.3. The summed E-state index contributed by atoms with van der Waals surface area (Å²) in [5.41, 5.74) is 7.29. The van der Waals surface area contributed by atoms with Crippen molar-refractivity contribution >= 4 is 11.8 Å². The fourth-order valence-electron chi connectivity index (χ4n) is 2.16. The maximum atomic E-state index is 11.7. The third kappa shape index (κ3) is 5.70. The number of aromatic hydroxyl groups is 2. The third-order valence-electron chi connectivity index (χ3n) is 3.61. The highest BCUT2D eigenvalue weighted by atomic mass is 16.7. The zero-order valence-corrected chi connectivity index (χ0v) is 14.7. The molecule has 2 aromatic rings. The number of ether oxygens (including phenoxy) is 1. The Hall–Kier alpha value is -3.22. The van der Waals surface area contributed by atoms with Crippen LogP contribution in [0, 0.1) is 0 Å². The van der Waals surface area contributed by atoms with Gasteiger partial charge in [0.25, 0.3) is 0 Å². The Morgan fingerprint density at radius 2 is 1.85 bits per heavy atom. The minimum absolute atomic E-state index is 0.000580. The van der Waals surface area contributed by atoms with Crippen LogP contribution in [-0.4, -0.2) is 28.6 Å². The van der Waals surface area contributed by atoms with E-state index in [1.54, 1.807) is 12.1 Å². The van der Waals surface area contributed by atoms with Crippen LogP contribution in [0.1, 0.15) is 30.9 Å². The summed E-state index contributed by atoms with van der Waals surface area (Å²) in [5, 5.41) is 22.4. The lowest BCUT2D eigenvalue weighted by Gasteiger charge is -2.08. The van der Waals surface area contributed by atoms with Crippen LogP contribution in [0.15, 0.2) is 47.6 Å². The number of amidine groups is 1. The van der Waals surface area contributed by atoms with E-state index < -0.39 is 5.97 Å². The first kappa shape index (κ1) is 19.1. The summed E-state index contributed by atoms with van der Waals surface area (Å²) in [6.07, 6.45) is 0.0664. The smallest absolute Gasteiger partial charge is 0.372 e. The molecule has 0 fully saturated rings. The molecule has 0 spiro atoms. The molecule has 2 rings (SSSR count). The molecule has 4 N–H and O–H groups in total. The molecule has 0 saturated carbocycles. The Bertz CT molecular complexity index is 785. The fraction of sp³-hybridized carbons (Fsp3) is 0.263. The van der Waals surface area contributed by atoms with Gasteiger partial charge in [0.05, 0.1) is 0 Å². The van der Waals surface area contributed by atoms with Crippen molar-refractivity contribution in [3.63, 3.8) is 0 Å². The van der Waals surface area contributed by atoms with Crippen molar-refractivity contribution in [2.75, 3.05) is 6.61 Å². The van der Waals surface area contributed by atoms with Gasteiger partial charge in [-0.25, -0.2) is 4.79 Å². The maximum Gasteiger partial charge on any atom is 0.372 e. The monoisotopic (exact) mass is 358 g/mol. The van der Waals surface area contributed by atoms with Gasteiger partial charge in [0.15, 0.2) is 6.61 Å². The van der Waals surface area contributed by atoms with E-state index in [-0.39, 0.29) is 30.4 Å². The number of phenols is 2. The third-order valence-corrected chi connectivity index (χ3v) is 3.61. The Kier molecular flexibility index (Phi) is 6.43. The van der Waals surface area contributed by atoms with Crippen LogP contribution in [0.5, 0.6) is 17.2 Å². The molecule has 2 aromatic carbocycles. The molecule has 0 aromatic heterocycles. The number of hydrogen-bond acceptors (Lipinski definition) is 6. The molecule has 138 valence electrons. The van der Waals surface area contributed by atoms with Gasteiger partial charge in [-0.3, -0.25) is 0 Å². The van der Waals surface area contributed by atoms with Gasteiger partial charge in [0.1, 0.15) is 23.1 Å². The number of carbonyl (C=O) groups is 1. The van der Waals surface area contributed by atoms with E-state index in [0.717, 1.165) is 0 Å². The first-order valence-electron chi connectivity index (χ1n) is 8.11. The minimum Gasteiger partial charge on any atom is -0.508 e. The van der Waals surface area contributed by atoms with E-state index in [1.165, 1.54) is 23.8 Å². The largest absolute Gasteiger partial charge is 0.508 e. The molecule has 0 amide bonds. The van der Waals surface area contributed by atoms with Crippen LogP contribution in [-0.2, 0) is 16.1 Å². The lowest BCUT2D eigenvalue weighted by atomic mass is 10.0. The number of carbonyl (C=O) groups excluding carboxylic acids is 1. The predicted molar refractivity (Wildman–Crippen MR) is 97.2 cm³/mol. The van der Waals surface area contributed by atoms with Crippen molar-refractivity contribution in [1.29, 1.82) is 0 Å². The molecule has 0 aliphatic carbocycles. The maximum absolute atomic E-state index is 11.7. The van der Waals surface area contributed by atoms with Crippen molar-refractivity contribution in [3.05, 3.63) is 53.6 Å². The quantitative estimate of drug-likeness (QED) is 0.303. The van der Waals surface area contributed by atoms with E-state index in [2.05, 4.69) is 19.0 Å². The molecule has 7 heteroatoms. The zero-order chi connectivity index (χ0) is 19.1. The van der Waals surface area contributed by atoms with Gasteiger partial charge in [0, 0.05) is 18.1 Å². The summed E-state index contributed by atoms with van der Waals surface area (Å²) < 4.78 is 5.33. The van der Waals surface area contributed by atoms with Crippen LogP contribution in [0.3, 0.4) is 0 Å². The number of phenolic OH excluding ortho intramolecular Hbond substituents is 2. The predicted octanol–water partition coefficient (Wildman–Crippen LogP) is 2.66. The van der Waals surface area contributed by atoms with Gasteiger partial charge in [-0.2, -0.15) is 0 Å². The molecule has 7 nitrogen and oxygen atoms in total. The van der Waals surface area contributed by atoms with Gasteiger partial charge < -0.3 is 25.5 Å². The lowest BCUT2D eigenvalue weighted by Crippen LogP contribution is -2.19. The van der Waals surface area contributed by atoms with Gasteiger partial charge in [-0.15, -0.1) is 0 Å². The zero-order valence-electron chi connectivity index (χ0n) is 14.7. The topological polar surface area (TPSA) is 114 Å². The van der Waals surface area contributed by atoms with E-state index in [0.29, 0.717) is 17.2 Å². The molecule has 0 aliphatic heterocycles. The highest BCUT2D eigenvalue weighted by Crippen LogP contribution is 2.22. The van der Waals surface area contributed by atoms with Crippen LogP contribution in [0.25, 0.3) is 0 Å². The molecule has 0 aliphatic rings. The van der Waals surface area contributed by atoms with Gasteiger partial charge in [0.2, 0.25) is 0 Å². The van der Waals surface area contributed by atoms with Crippen molar-refractivity contribution in [2.45, 2.75) is 26.2 Å². The highest BCUT2D eigenvalue weighted by molar-refractivity contribution is 5.83. The summed E-state index contributed by atoms with van der Waals surface area (Å²) in [7, 11) is 0. The van der Waals surface area contributed by atoms with Gasteiger partial charge >= 0.3 is 5.97 Å². The molecular weight excluding hydrogens is 336 g/mol. The summed E-state index contributed by atoms with van der Waals surface area (Å²) in [6, 6.07) is 11.5. The van der Waals surface area contributed by atoms with E-state index >= 15 is 0 Å². The second-order valence-electron chi connectivity index (χ2n) is 6.05. The molecule has 0 bridgehead atoms. The number of rotatable bonds is 7. The second-order valence-corrected chi connectivity index (χ2v) is 6.05. The van der Waals surface area contributed by atoms with Crippen LogP contribution in [0.4, 0.5) is 0 Å². The number of hydrogen-bond donors (Lipinski definition) is 3. The standard InChI is InChI=1S/C19H22N2O5/c1-12(2)13-4-7-16(8-5-13)25-11-19(24)26-21-18(20)9-14-3-6-15(22)10-17(14)23/h3-8,10,12,22-23H,9,11H2,1-2H3,(H2,20,21). The number of nitrogens with zero attached hydrogens (tertiary/aromatic N) is 1. The summed E-state index contributed by atoms with van der Waals surface area (Å²) in [5.74, 6) is 0.0857. The highest BCUT2D eigenvalue weighted by Gasteiger charge is 2.08. The molecule has 0 unspecified atom stereocenters. The van der Waals surface area contributed by atoms with Crippen LogP contribution >= 0.6 is 0 Å². The molecule has 0 radical (unpaired) electrons. The molecule has 0 saturated heterocycles. The van der Waals surface area contributed by atoms with Gasteiger partial charge in [-0.05, 0) is 29.7 Å². The molecule has 26 heavy (non-hydrogen) atoms. The van der Waals surface area contributed by atoms with Gasteiger partial charge in [-0.1, -0.05) is 37.2 Å². The van der Waals surface area contributed by atoms with Crippen molar-refractivity contribution in [3.8, 4) is 17.2 Å². The Morgan fingerprint density at radius 1 is 1.15 bits per heavy atom. The Labute approximate surface area is 151 Å². The second kappa shape index (κ2) is 8.75. The van der Waals surface area contributed by atoms with Crippen molar-refractivity contribution in [2.24, 2.45) is 10.9 Å². The van der Waals surface area contributed by atoms with Crippen LogP contribution in [0.2, 0.25) is 0 Å². The SMILES string of the molecule is CC(C)c1ccc(OCC(=O)O/N=C(\N)Cc2ccc(O)cc2O)cc1. The fourth-order valence-corrected chi connectivity index (χ4v) is 2.16. The summed E-state index contributed by atoms with van der Waals surface area (Å²) >= 11 is 0. The molecule has 0 heterocycles. The summed E-state index contributed by atoms with van der Waals surface area (Å²) in [4.78, 5) is 16.4. The van der Waals surface area contributed by atoms with Crippen molar-refractivity contribution < 1.29 is 24.6 Å². The molecular formula is C19H22N2O5. The van der Waals surface area contributed by atoms with E-state index in [4.69, 9.17) is 15.3 Å². The lowest BCUT2D eigenvalue weighted by molar-refractivity contribution is -0.146. The normalized spacial score (nSPS) is 11.4. The summed E-state index contributed by atoms with van der Waals surface area (Å²) in [6.45, 7) is 3.88. The van der Waals surface area contributed by atoms with E-state index in [9.17, 15) is 15.0 Å². The van der Waals surface area contributed by atoms with Crippen LogP contribution < -0.4 is 10.5 Å². The first-order valence-corrected chi connectivity index (χ1v) is 8.11. The number of benzene rings is 2. The van der Waals surface area contributed by atoms with Crippen molar-refractivity contribution in [1.82, 2.24) is 0 Å². The molecule has 0 atom stereocenters. The minimum atomic E-state index is -0.698. The van der Waals surface area contributed by atoms with E-state index in [1.807, 2.05) is 12.1 Å². The number of nitrogens with two attached hydrogens (primary N) is 1. The average molecular weight is 358 g/mol.